The number of hydrogen-bond donors (Lipinski definition) is 1. The Labute approximate surface area is 150 Å². The molecule has 1 atom stereocenters. The molecular weight excluding hydrogens is 334 g/mol. The van der Waals surface area contributed by atoms with Gasteiger partial charge in [-0.05, 0) is 31.5 Å². The number of rotatable bonds is 3. The first-order chi connectivity index (χ1) is 12.7. The van der Waals surface area contributed by atoms with Gasteiger partial charge in [-0.1, -0.05) is 0 Å². The third-order valence-corrected chi connectivity index (χ3v) is 4.30. The van der Waals surface area contributed by atoms with Gasteiger partial charge in [0.25, 0.3) is 0 Å². The molecular formula is C17H21N7O2. The normalized spacial score (nSPS) is 18.0. The lowest BCUT2D eigenvalue weighted by molar-refractivity contribution is 0.0442. The van der Waals surface area contributed by atoms with Crippen molar-refractivity contribution in [3.63, 3.8) is 0 Å². The number of anilines is 1. The highest BCUT2D eigenvalue weighted by molar-refractivity contribution is 5.93. The Morgan fingerprint density at radius 2 is 2.31 bits per heavy atom. The fourth-order valence-electron chi connectivity index (χ4n) is 3.11. The van der Waals surface area contributed by atoms with Gasteiger partial charge < -0.3 is 15.0 Å². The molecule has 1 aliphatic heterocycles. The van der Waals surface area contributed by atoms with Gasteiger partial charge in [-0.25, -0.2) is 14.3 Å². The van der Waals surface area contributed by atoms with Crippen molar-refractivity contribution in [2.24, 2.45) is 0 Å². The average Bonchev–Trinajstić information content (AvgIpc) is 3.19. The van der Waals surface area contributed by atoms with Crippen LogP contribution in [0.25, 0.3) is 5.65 Å². The molecule has 0 aliphatic carbocycles. The zero-order valence-corrected chi connectivity index (χ0v) is 14.6. The van der Waals surface area contributed by atoms with Gasteiger partial charge in [-0.2, -0.15) is 10.2 Å². The van der Waals surface area contributed by atoms with E-state index >= 15 is 0 Å². The van der Waals surface area contributed by atoms with Gasteiger partial charge in [0.1, 0.15) is 5.82 Å². The molecule has 0 aromatic carbocycles. The molecule has 1 fully saturated rings. The molecule has 2 amide bonds. The van der Waals surface area contributed by atoms with Gasteiger partial charge in [-0.3, -0.25) is 4.68 Å². The highest BCUT2D eigenvalue weighted by atomic mass is 16.5. The molecule has 1 unspecified atom stereocenters. The molecule has 9 nitrogen and oxygen atoms in total. The fourth-order valence-corrected chi connectivity index (χ4v) is 3.11. The van der Waals surface area contributed by atoms with Crippen LogP contribution in [0.4, 0.5) is 10.5 Å². The Kier molecular flexibility index (Phi) is 4.53. The summed E-state index contributed by atoms with van der Waals surface area (Å²) in [5, 5.41) is 11.4. The highest BCUT2D eigenvalue weighted by Gasteiger charge is 2.23. The van der Waals surface area contributed by atoms with E-state index in [-0.39, 0.29) is 12.1 Å². The number of nitrogens with zero attached hydrogens (tertiary/aromatic N) is 6. The topological polar surface area (TPSA) is 89.6 Å². The second kappa shape index (κ2) is 7.12. The zero-order chi connectivity index (χ0) is 17.9. The van der Waals surface area contributed by atoms with Crippen LogP contribution in [0, 0.1) is 6.92 Å². The van der Waals surface area contributed by atoms with Gasteiger partial charge in [0.15, 0.2) is 5.65 Å². The number of ether oxygens (including phenoxy) is 1. The zero-order valence-electron chi connectivity index (χ0n) is 14.6. The van der Waals surface area contributed by atoms with Crippen molar-refractivity contribution in [1.82, 2.24) is 29.3 Å². The molecule has 1 N–H and O–H groups in total. The predicted octanol–water partition coefficient (Wildman–Crippen LogP) is 1.56. The van der Waals surface area contributed by atoms with Crippen LogP contribution >= 0.6 is 0 Å². The lowest BCUT2D eigenvalue weighted by atomic mass is 10.3. The Bertz CT molecular complexity index is 890. The molecule has 1 saturated heterocycles. The summed E-state index contributed by atoms with van der Waals surface area (Å²) >= 11 is 0. The number of fused-ring (bicyclic) bond motifs is 1. The van der Waals surface area contributed by atoms with E-state index in [0.717, 1.165) is 6.42 Å². The minimum Gasteiger partial charge on any atom is -0.374 e. The summed E-state index contributed by atoms with van der Waals surface area (Å²) in [6.07, 6.45) is 6.16. The van der Waals surface area contributed by atoms with E-state index in [9.17, 15) is 4.79 Å². The monoisotopic (exact) mass is 355 g/mol. The number of carbonyl (C=O) groups is 1. The van der Waals surface area contributed by atoms with Gasteiger partial charge >= 0.3 is 6.03 Å². The quantitative estimate of drug-likeness (QED) is 0.770. The minimum atomic E-state index is -0.158. The summed E-state index contributed by atoms with van der Waals surface area (Å²) < 4.78 is 9.36. The maximum absolute atomic E-state index is 12.8. The van der Waals surface area contributed by atoms with Crippen molar-refractivity contribution in [3.05, 3.63) is 42.6 Å². The van der Waals surface area contributed by atoms with Crippen molar-refractivity contribution < 1.29 is 9.53 Å². The Morgan fingerprint density at radius 3 is 3.15 bits per heavy atom. The van der Waals surface area contributed by atoms with Crippen LogP contribution in [0.2, 0.25) is 0 Å². The third-order valence-electron chi connectivity index (χ3n) is 4.30. The molecule has 1 aliphatic rings. The molecule has 0 saturated carbocycles. The molecule has 0 radical (unpaired) electrons. The van der Waals surface area contributed by atoms with Gasteiger partial charge in [0.2, 0.25) is 0 Å². The summed E-state index contributed by atoms with van der Waals surface area (Å²) in [4.78, 5) is 19.0. The number of amides is 2. The first-order valence-corrected chi connectivity index (χ1v) is 8.66. The predicted molar refractivity (Wildman–Crippen MR) is 94.9 cm³/mol. The second-order valence-electron chi connectivity index (χ2n) is 6.30. The maximum Gasteiger partial charge on any atom is 0.322 e. The van der Waals surface area contributed by atoms with Gasteiger partial charge in [-0.15, -0.1) is 0 Å². The van der Waals surface area contributed by atoms with Crippen LogP contribution in [0.1, 0.15) is 12.2 Å². The minimum absolute atomic E-state index is 0.0886. The van der Waals surface area contributed by atoms with Crippen LogP contribution in [0.5, 0.6) is 0 Å². The second-order valence-corrected chi connectivity index (χ2v) is 6.30. The summed E-state index contributed by atoms with van der Waals surface area (Å²) in [5.74, 6) is 0.661. The molecule has 0 bridgehead atoms. The average molecular weight is 355 g/mol. The van der Waals surface area contributed by atoms with Gasteiger partial charge in [0.05, 0.1) is 24.9 Å². The Morgan fingerprint density at radius 1 is 1.38 bits per heavy atom. The molecule has 4 rings (SSSR count). The van der Waals surface area contributed by atoms with Crippen LogP contribution in [0.3, 0.4) is 0 Å². The lowest BCUT2D eigenvalue weighted by Gasteiger charge is -2.24. The largest absolute Gasteiger partial charge is 0.374 e. The molecule has 136 valence electrons. The van der Waals surface area contributed by atoms with E-state index in [0.29, 0.717) is 43.4 Å². The van der Waals surface area contributed by atoms with E-state index in [2.05, 4.69) is 20.5 Å². The fraction of sp³-hybridized carbons (Fsp3) is 0.412. The molecule has 9 heteroatoms. The first kappa shape index (κ1) is 16.5. The van der Waals surface area contributed by atoms with Crippen molar-refractivity contribution in [2.45, 2.75) is 26.0 Å². The lowest BCUT2D eigenvalue weighted by Crippen LogP contribution is -2.41. The number of urea groups is 1. The van der Waals surface area contributed by atoms with E-state index in [1.54, 1.807) is 15.6 Å². The summed E-state index contributed by atoms with van der Waals surface area (Å²) in [7, 11) is 0. The van der Waals surface area contributed by atoms with Gasteiger partial charge in [0, 0.05) is 31.7 Å². The van der Waals surface area contributed by atoms with Crippen molar-refractivity contribution in [2.75, 3.05) is 25.0 Å². The van der Waals surface area contributed by atoms with E-state index in [1.807, 2.05) is 42.2 Å². The molecule has 3 aromatic heterocycles. The number of carbonyl (C=O) groups excluding carboxylic acids is 1. The molecule has 3 aromatic rings. The van der Waals surface area contributed by atoms with Crippen LogP contribution in [0.15, 0.2) is 36.8 Å². The SMILES string of the molecule is Cc1nc2c(NC(=O)N3CCCOC(Cn4cccn4)C3)cccn2n1. The van der Waals surface area contributed by atoms with Crippen molar-refractivity contribution >= 4 is 17.4 Å². The first-order valence-electron chi connectivity index (χ1n) is 8.66. The number of hydrogen-bond acceptors (Lipinski definition) is 5. The number of aromatic nitrogens is 5. The number of pyridine rings is 1. The molecule has 4 heterocycles. The van der Waals surface area contributed by atoms with Crippen LogP contribution < -0.4 is 5.32 Å². The summed E-state index contributed by atoms with van der Waals surface area (Å²) in [6, 6.07) is 5.39. The van der Waals surface area contributed by atoms with E-state index in [4.69, 9.17) is 4.74 Å². The third kappa shape index (κ3) is 3.52. The Balaban J connectivity index is 1.47. The van der Waals surface area contributed by atoms with E-state index < -0.39 is 0 Å². The molecule has 26 heavy (non-hydrogen) atoms. The highest BCUT2D eigenvalue weighted by Crippen LogP contribution is 2.16. The number of aryl methyl sites for hydroxylation is 1. The van der Waals surface area contributed by atoms with Crippen LogP contribution in [-0.4, -0.2) is 61.1 Å². The Hall–Kier alpha value is -2.94. The standard InChI is InChI=1S/C17H21N7O2/c1-13-19-16-15(5-2-9-24(16)21-13)20-17(25)22-7-4-10-26-14(11-22)12-23-8-3-6-18-23/h2-3,5-6,8-9,14H,4,7,10-12H2,1H3,(H,20,25). The van der Waals surface area contributed by atoms with Crippen molar-refractivity contribution in [3.8, 4) is 0 Å². The van der Waals surface area contributed by atoms with Crippen molar-refractivity contribution in [1.29, 1.82) is 0 Å². The molecule has 0 spiro atoms. The number of nitrogens with one attached hydrogen (secondary N) is 1. The van der Waals surface area contributed by atoms with E-state index in [1.165, 1.54) is 0 Å². The maximum atomic E-state index is 12.8. The summed E-state index contributed by atoms with van der Waals surface area (Å²) in [6.45, 7) is 4.24. The smallest absolute Gasteiger partial charge is 0.322 e. The summed E-state index contributed by atoms with van der Waals surface area (Å²) in [5.41, 5.74) is 1.28. The van der Waals surface area contributed by atoms with Crippen LogP contribution in [-0.2, 0) is 11.3 Å².